The van der Waals surface area contributed by atoms with Crippen molar-refractivity contribution in [2.75, 3.05) is 13.2 Å². The molecule has 0 unspecified atom stereocenters. The molecule has 1 aliphatic heterocycles. The van der Waals surface area contributed by atoms with Gasteiger partial charge >= 0.3 is 0 Å². The number of para-hydroxylation sites is 1. The Bertz CT molecular complexity index is 797. The van der Waals surface area contributed by atoms with Gasteiger partial charge in [0, 0.05) is 44.8 Å². The Morgan fingerprint density at radius 3 is 2.77 bits per heavy atom. The molecular weight excluding hydrogens is 324 g/mol. The average molecular weight is 348 g/mol. The van der Waals surface area contributed by atoms with Crippen LogP contribution in [0.1, 0.15) is 24.1 Å². The van der Waals surface area contributed by atoms with Crippen LogP contribution in [0.3, 0.4) is 0 Å². The Hall–Kier alpha value is -2.50. The van der Waals surface area contributed by atoms with Gasteiger partial charge in [0.1, 0.15) is 0 Å². The molecule has 0 spiro atoms. The van der Waals surface area contributed by atoms with E-state index in [4.69, 9.17) is 9.84 Å². The largest absolute Gasteiger partial charge is 0.377 e. The van der Waals surface area contributed by atoms with Crippen molar-refractivity contribution in [2.45, 2.75) is 32.0 Å². The predicted octanol–water partition coefficient (Wildman–Crippen LogP) is 3.45. The molecule has 5 heteroatoms. The summed E-state index contributed by atoms with van der Waals surface area (Å²) in [7, 11) is 0. The van der Waals surface area contributed by atoms with Crippen LogP contribution in [0.25, 0.3) is 5.69 Å². The van der Waals surface area contributed by atoms with Crippen molar-refractivity contribution in [3.05, 3.63) is 78.4 Å². The molecule has 4 rings (SSSR count). The van der Waals surface area contributed by atoms with Crippen LogP contribution in [0.5, 0.6) is 0 Å². The summed E-state index contributed by atoms with van der Waals surface area (Å²) in [6.07, 6.45) is 8.40. The second-order valence-corrected chi connectivity index (χ2v) is 6.75. The highest BCUT2D eigenvalue weighted by Gasteiger charge is 2.20. The molecule has 1 aliphatic rings. The summed E-state index contributed by atoms with van der Waals surface area (Å²) in [6.45, 7) is 3.46. The summed E-state index contributed by atoms with van der Waals surface area (Å²) in [4.78, 5) is 6.65. The highest BCUT2D eigenvalue weighted by molar-refractivity contribution is 5.30. The summed E-state index contributed by atoms with van der Waals surface area (Å²) in [5, 5.41) is 4.76. The van der Waals surface area contributed by atoms with E-state index in [2.05, 4.69) is 34.1 Å². The maximum Gasteiger partial charge on any atom is 0.0769 e. The highest BCUT2D eigenvalue weighted by atomic mass is 16.5. The third kappa shape index (κ3) is 4.36. The summed E-state index contributed by atoms with van der Waals surface area (Å²) in [6, 6.07) is 16.4. The standard InChI is InChI=1S/C21H24N4O/c1-2-7-20(8-3-1)25-12-10-19(23-25)16-24(17-21-9-5-13-26-21)15-18-6-4-11-22-14-18/h1-4,6-8,10-12,14,21H,5,9,13,15-17H2/t21-/m1/s1. The lowest BCUT2D eigenvalue weighted by Crippen LogP contribution is -2.31. The number of aromatic nitrogens is 3. The zero-order chi connectivity index (χ0) is 17.6. The van der Waals surface area contributed by atoms with Crippen molar-refractivity contribution in [3.8, 4) is 5.69 Å². The number of benzene rings is 1. The fourth-order valence-corrected chi connectivity index (χ4v) is 3.41. The number of rotatable bonds is 7. The summed E-state index contributed by atoms with van der Waals surface area (Å²) >= 11 is 0. The first-order valence-corrected chi connectivity index (χ1v) is 9.20. The number of pyridine rings is 1. The topological polar surface area (TPSA) is 43.2 Å². The molecule has 0 amide bonds. The van der Waals surface area contributed by atoms with Gasteiger partial charge in [0.25, 0.3) is 0 Å². The SMILES string of the molecule is c1ccc(-n2ccc(CN(Cc3cccnc3)C[C@H]3CCCO3)n2)cc1. The van der Waals surface area contributed by atoms with Crippen LogP contribution in [0.2, 0.25) is 0 Å². The Balaban J connectivity index is 1.47. The van der Waals surface area contributed by atoms with Crippen LogP contribution in [-0.2, 0) is 17.8 Å². The molecule has 1 saturated heterocycles. The summed E-state index contributed by atoms with van der Waals surface area (Å²) < 4.78 is 7.78. The Morgan fingerprint density at radius 2 is 2.00 bits per heavy atom. The Kier molecular flexibility index (Phi) is 5.38. The van der Waals surface area contributed by atoms with Gasteiger partial charge in [0.2, 0.25) is 0 Å². The van der Waals surface area contributed by atoms with Gasteiger partial charge in [-0.3, -0.25) is 9.88 Å². The summed E-state index contributed by atoms with van der Waals surface area (Å²) in [5.74, 6) is 0. The van der Waals surface area contributed by atoms with Crippen molar-refractivity contribution < 1.29 is 4.74 Å². The van der Waals surface area contributed by atoms with E-state index in [1.54, 1.807) is 0 Å². The first kappa shape index (κ1) is 16.9. The monoisotopic (exact) mass is 348 g/mol. The molecule has 0 bridgehead atoms. The average Bonchev–Trinajstić information content (AvgIpc) is 3.35. The van der Waals surface area contributed by atoms with E-state index in [0.717, 1.165) is 50.5 Å². The van der Waals surface area contributed by atoms with Gasteiger partial charge in [0.05, 0.1) is 17.5 Å². The van der Waals surface area contributed by atoms with Gasteiger partial charge in [-0.25, -0.2) is 4.68 Å². The van der Waals surface area contributed by atoms with Crippen LogP contribution in [0.4, 0.5) is 0 Å². The fourth-order valence-electron chi connectivity index (χ4n) is 3.41. The minimum Gasteiger partial charge on any atom is -0.377 e. The molecule has 0 radical (unpaired) electrons. The lowest BCUT2D eigenvalue weighted by Gasteiger charge is -2.24. The van der Waals surface area contributed by atoms with Crippen molar-refractivity contribution in [2.24, 2.45) is 0 Å². The Labute approximate surface area is 154 Å². The Morgan fingerprint density at radius 1 is 1.08 bits per heavy atom. The molecule has 1 fully saturated rings. The van der Waals surface area contributed by atoms with Crippen molar-refractivity contribution in [3.63, 3.8) is 0 Å². The first-order valence-electron chi connectivity index (χ1n) is 9.20. The second-order valence-electron chi connectivity index (χ2n) is 6.75. The van der Waals surface area contributed by atoms with E-state index in [9.17, 15) is 0 Å². The third-order valence-electron chi connectivity index (χ3n) is 4.67. The van der Waals surface area contributed by atoms with Gasteiger partial charge in [-0.15, -0.1) is 0 Å². The quantitative estimate of drug-likeness (QED) is 0.656. The van der Waals surface area contributed by atoms with E-state index in [1.165, 1.54) is 5.56 Å². The number of ether oxygens (including phenoxy) is 1. The smallest absolute Gasteiger partial charge is 0.0769 e. The van der Waals surface area contributed by atoms with Crippen molar-refractivity contribution in [1.82, 2.24) is 19.7 Å². The fraction of sp³-hybridized carbons (Fsp3) is 0.333. The first-order chi connectivity index (χ1) is 12.9. The molecule has 5 nitrogen and oxygen atoms in total. The third-order valence-corrected chi connectivity index (χ3v) is 4.67. The number of hydrogen-bond donors (Lipinski definition) is 0. The van der Waals surface area contributed by atoms with Gasteiger partial charge < -0.3 is 4.74 Å². The molecule has 26 heavy (non-hydrogen) atoms. The van der Waals surface area contributed by atoms with Gasteiger partial charge in [0.15, 0.2) is 0 Å². The number of nitrogens with zero attached hydrogens (tertiary/aromatic N) is 4. The van der Waals surface area contributed by atoms with E-state index in [0.29, 0.717) is 6.10 Å². The predicted molar refractivity (Wildman–Crippen MR) is 101 cm³/mol. The van der Waals surface area contributed by atoms with Crippen LogP contribution >= 0.6 is 0 Å². The van der Waals surface area contributed by atoms with Gasteiger partial charge in [-0.05, 0) is 42.7 Å². The van der Waals surface area contributed by atoms with E-state index in [-0.39, 0.29) is 0 Å². The molecule has 3 aromatic rings. The lowest BCUT2D eigenvalue weighted by atomic mass is 10.2. The van der Waals surface area contributed by atoms with Crippen LogP contribution in [0.15, 0.2) is 67.1 Å². The molecule has 1 atom stereocenters. The van der Waals surface area contributed by atoms with E-state index >= 15 is 0 Å². The highest BCUT2D eigenvalue weighted by Crippen LogP contribution is 2.17. The van der Waals surface area contributed by atoms with Gasteiger partial charge in [-0.2, -0.15) is 5.10 Å². The van der Waals surface area contributed by atoms with Gasteiger partial charge in [-0.1, -0.05) is 24.3 Å². The van der Waals surface area contributed by atoms with Crippen molar-refractivity contribution >= 4 is 0 Å². The normalized spacial score (nSPS) is 17.0. The molecule has 0 aliphatic carbocycles. The van der Waals surface area contributed by atoms with E-state index < -0.39 is 0 Å². The lowest BCUT2D eigenvalue weighted by molar-refractivity contribution is 0.0674. The zero-order valence-corrected chi connectivity index (χ0v) is 14.9. The molecular formula is C21H24N4O. The summed E-state index contributed by atoms with van der Waals surface area (Å²) in [5.41, 5.74) is 3.36. The molecule has 2 aromatic heterocycles. The molecule has 134 valence electrons. The second kappa shape index (κ2) is 8.25. The molecule has 0 saturated carbocycles. The maximum atomic E-state index is 5.85. The van der Waals surface area contributed by atoms with Crippen molar-refractivity contribution in [1.29, 1.82) is 0 Å². The van der Waals surface area contributed by atoms with Crippen LogP contribution in [-0.4, -0.2) is 38.9 Å². The minimum absolute atomic E-state index is 0.322. The molecule has 3 heterocycles. The number of hydrogen-bond acceptors (Lipinski definition) is 4. The molecule has 1 aromatic carbocycles. The van der Waals surface area contributed by atoms with E-state index in [1.807, 2.05) is 47.5 Å². The molecule has 0 N–H and O–H groups in total. The van der Waals surface area contributed by atoms with Crippen LogP contribution < -0.4 is 0 Å². The van der Waals surface area contributed by atoms with Crippen LogP contribution in [0, 0.1) is 0 Å². The minimum atomic E-state index is 0.322. The zero-order valence-electron chi connectivity index (χ0n) is 14.9. The maximum absolute atomic E-state index is 5.85.